The predicted molar refractivity (Wildman–Crippen MR) is 69.0 cm³/mol. The van der Waals surface area contributed by atoms with Crippen LogP contribution in [0.1, 0.15) is 26.5 Å². The van der Waals surface area contributed by atoms with Gasteiger partial charge in [-0.1, -0.05) is 32.9 Å². The lowest BCUT2D eigenvalue weighted by Gasteiger charge is -2.17. The average molecular weight is 246 g/mol. The first-order valence-corrected chi connectivity index (χ1v) is 5.74. The van der Waals surface area contributed by atoms with Crippen molar-refractivity contribution in [2.45, 2.75) is 26.2 Å². The number of aromatic nitrogens is 2. The number of H-pyrrole nitrogens is 1. The molecule has 0 aliphatic heterocycles. The highest BCUT2D eigenvalue weighted by molar-refractivity contribution is 5.54. The molecule has 1 aromatic carbocycles. The summed E-state index contributed by atoms with van der Waals surface area (Å²) in [6.07, 6.45) is 0. The summed E-state index contributed by atoms with van der Waals surface area (Å²) in [6, 6.07) is 7.49. The molecule has 0 fully saturated rings. The maximum absolute atomic E-state index is 13.2. The monoisotopic (exact) mass is 246 g/mol. The second-order valence-corrected chi connectivity index (χ2v) is 5.24. The molecule has 0 spiro atoms. The van der Waals surface area contributed by atoms with Crippen molar-refractivity contribution in [3.05, 3.63) is 52.2 Å². The SMILES string of the molecule is CC(C)(C)c1cc(=O)[nH]c(-c2cccc(F)c2)n1. The molecular weight excluding hydrogens is 231 g/mol. The Hall–Kier alpha value is -1.97. The highest BCUT2D eigenvalue weighted by Crippen LogP contribution is 2.21. The third-order valence-corrected chi connectivity index (χ3v) is 2.61. The van der Waals surface area contributed by atoms with Crippen molar-refractivity contribution in [3.8, 4) is 11.4 Å². The summed E-state index contributed by atoms with van der Waals surface area (Å²) in [6.45, 7) is 5.93. The van der Waals surface area contributed by atoms with Crippen molar-refractivity contribution in [1.29, 1.82) is 0 Å². The molecule has 1 heterocycles. The van der Waals surface area contributed by atoms with E-state index in [4.69, 9.17) is 0 Å². The highest BCUT2D eigenvalue weighted by Gasteiger charge is 2.17. The van der Waals surface area contributed by atoms with Crippen LogP contribution in [0, 0.1) is 5.82 Å². The summed E-state index contributed by atoms with van der Waals surface area (Å²) in [5.74, 6) is 0.0447. The average Bonchev–Trinajstić information content (AvgIpc) is 2.27. The van der Waals surface area contributed by atoms with Crippen LogP contribution in [-0.2, 0) is 5.41 Å². The topological polar surface area (TPSA) is 45.8 Å². The van der Waals surface area contributed by atoms with Gasteiger partial charge < -0.3 is 4.98 Å². The Labute approximate surface area is 105 Å². The zero-order chi connectivity index (χ0) is 13.3. The van der Waals surface area contributed by atoms with E-state index in [1.54, 1.807) is 12.1 Å². The van der Waals surface area contributed by atoms with Crippen LogP contribution in [0.5, 0.6) is 0 Å². The molecule has 0 aliphatic carbocycles. The fourth-order valence-electron chi connectivity index (χ4n) is 1.61. The third kappa shape index (κ3) is 2.64. The molecule has 1 aromatic heterocycles. The molecule has 4 heteroatoms. The number of aromatic amines is 1. The van der Waals surface area contributed by atoms with Crippen molar-refractivity contribution in [1.82, 2.24) is 9.97 Å². The van der Waals surface area contributed by atoms with Gasteiger partial charge in [-0.3, -0.25) is 4.79 Å². The van der Waals surface area contributed by atoms with E-state index in [1.807, 2.05) is 20.8 Å². The van der Waals surface area contributed by atoms with E-state index < -0.39 is 0 Å². The molecular formula is C14H15FN2O. The number of nitrogens with zero attached hydrogens (tertiary/aromatic N) is 1. The molecule has 0 amide bonds. The largest absolute Gasteiger partial charge is 0.307 e. The van der Waals surface area contributed by atoms with Crippen LogP contribution in [0.4, 0.5) is 4.39 Å². The van der Waals surface area contributed by atoms with Crippen LogP contribution in [-0.4, -0.2) is 9.97 Å². The Balaban J connectivity index is 2.59. The van der Waals surface area contributed by atoms with Crippen molar-refractivity contribution < 1.29 is 4.39 Å². The lowest BCUT2D eigenvalue weighted by atomic mass is 9.92. The normalized spacial score (nSPS) is 11.6. The number of rotatable bonds is 1. The van der Waals surface area contributed by atoms with E-state index in [1.165, 1.54) is 18.2 Å². The van der Waals surface area contributed by atoms with Gasteiger partial charge in [0.25, 0.3) is 5.56 Å². The van der Waals surface area contributed by atoms with Gasteiger partial charge in [-0.2, -0.15) is 0 Å². The van der Waals surface area contributed by atoms with Gasteiger partial charge in [-0.25, -0.2) is 9.37 Å². The van der Waals surface area contributed by atoms with Gasteiger partial charge >= 0.3 is 0 Å². The van der Waals surface area contributed by atoms with Crippen molar-refractivity contribution in [2.75, 3.05) is 0 Å². The van der Waals surface area contributed by atoms with E-state index in [2.05, 4.69) is 9.97 Å². The standard InChI is InChI=1S/C14H15FN2O/c1-14(2,3)11-8-12(18)17-13(16-11)9-5-4-6-10(15)7-9/h4-8H,1-3H3,(H,16,17,18). The lowest BCUT2D eigenvalue weighted by Crippen LogP contribution is -2.19. The first kappa shape index (κ1) is 12.5. The molecule has 0 unspecified atom stereocenters. The third-order valence-electron chi connectivity index (χ3n) is 2.61. The molecule has 1 N–H and O–H groups in total. The minimum Gasteiger partial charge on any atom is -0.307 e. The molecule has 0 bridgehead atoms. The van der Waals surface area contributed by atoms with Crippen molar-refractivity contribution >= 4 is 0 Å². The Morgan fingerprint density at radius 1 is 1.22 bits per heavy atom. The lowest BCUT2D eigenvalue weighted by molar-refractivity contribution is 0.566. The van der Waals surface area contributed by atoms with E-state index in [9.17, 15) is 9.18 Å². The minimum absolute atomic E-state index is 0.226. The fraction of sp³-hybridized carbons (Fsp3) is 0.286. The van der Waals surface area contributed by atoms with E-state index in [0.717, 1.165) is 0 Å². The number of hydrogen-bond donors (Lipinski definition) is 1. The summed E-state index contributed by atoms with van der Waals surface area (Å²) in [7, 11) is 0. The van der Waals surface area contributed by atoms with E-state index in [0.29, 0.717) is 17.1 Å². The Morgan fingerprint density at radius 3 is 2.56 bits per heavy atom. The number of halogens is 1. The molecule has 0 radical (unpaired) electrons. The number of hydrogen-bond acceptors (Lipinski definition) is 2. The summed E-state index contributed by atoms with van der Waals surface area (Å²) in [5.41, 5.74) is 0.800. The minimum atomic E-state index is -0.351. The first-order chi connectivity index (χ1) is 8.36. The van der Waals surface area contributed by atoms with Gasteiger partial charge in [-0.15, -0.1) is 0 Å². The zero-order valence-corrected chi connectivity index (χ0v) is 10.6. The maximum Gasteiger partial charge on any atom is 0.251 e. The van der Waals surface area contributed by atoms with Gasteiger partial charge in [-0.05, 0) is 12.1 Å². The molecule has 0 saturated carbocycles. The Morgan fingerprint density at radius 2 is 1.94 bits per heavy atom. The van der Waals surface area contributed by atoms with E-state index in [-0.39, 0.29) is 16.8 Å². The molecule has 0 saturated heterocycles. The first-order valence-electron chi connectivity index (χ1n) is 5.74. The van der Waals surface area contributed by atoms with Crippen LogP contribution in [0.15, 0.2) is 35.1 Å². The van der Waals surface area contributed by atoms with Gasteiger partial charge in [0.1, 0.15) is 11.6 Å². The molecule has 3 nitrogen and oxygen atoms in total. The number of benzene rings is 1. The molecule has 94 valence electrons. The fourth-order valence-corrected chi connectivity index (χ4v) is 1.61. The Bertz CT molecular complexity index is 626. The summed E-state index contributed by atoms with van der Waals surface area (Å²) in [4.78, 5) is 18.7. The Kier molecular flexibility index (Phi) is 3.03. The zero-order valence-electron chi connectivity index (χ0n) is 10.6. The van der Waals surface area contributed by atoms with E-state index >= 15 is 0 Å². The summed E-state index contributed by atoms with van der Waals surface area (Å²) < 4.78 is 13.2. The molecule has 2 aromatic rings. The second-order valence-electron chi connectivity index (χ2n) is 5.24. The number of nitrogens with one attached hydrogen (secondary N) is 1. The van der Waals surface area contributed by atoms with Gasteiger partial charge in [0, 0.05) is 17.0 Å². The highest BCUT2D eigenvalue weighted by atomic mass is 19.1. The van der Waals surface area contributed by atoms with Crippen molar-refractivity contribution in [3.63, 3.8) is 0 Å². The molecule has 2 rings (SSSR count). The van der Waals surface area contributed by atoms with Crippen LogP contribution < -0.4 is 5.56 Å². The quantitative estimate of drug-likeness (QED) is 0.841. The molecule has 18 heavy (non-hydrogen) atoms. The van der Waals surface area contributed by atoms with Crippen LogP contribution in [0.3, 0.4) is 0 Å². The maximum atomic E-state index is 13.2. The summed E-state index contributed by atoms with van der Waals surface area (Å²) in [5, 5.41) is 0. The van der Waals surface area contributed by atoms with Crippen molar-refractivity contribution in [2.24, 2.45) is 0 Å². The molecule has 0 aliphatic rings. The summed E-state index contributed by atoms with van der Waals surface area (Å²) >= 11 is 0. The molecule has 0 atom stereocenters. The van der Waals surface area contributed by atoms with Gasteiger partial charge in [0.2, 0.25) is 0 Å². The van der Waals surface area contributed by atoms with Gasteiger partial charge in [0.05, 0.1) is 5.69 Å². The van der Waals surface area contributed by atoms with Crippen LogP contribution in [0.25, 0.3) is 11.4 Å². The second kappa shape index (κ2) is 4.37. The van der Waals surface area contributed by atoms with Crippen LogP contribution >= 0.6 is 0 Å². The van der Waals surface area contributed by atoms with Gasteiger partial charge in [0.15, 0.2) is 0 Å². The van der Waals surface area contributed by atoms with Crippen LogP contribution in [0.2, 0.25) is 0 Å². The predicted octanol–water partition coefficient (Wildman–Crippen LogP) is 2.87. The smallest absolute Gasteiger partial charge is 0.251 e.